The van der Waals surface area contributed by atoms with E-state index in [4.69, 9.17) is 0 Å². The Hall–Kier alpha value is -1.81. The van der Waals surface area contributed by atoms with E-state index < -0.39 is 0 Å². The number of hydrogen-bond donors (Lipinski definition) is 2. The Morgan fingerprint density at radius 1 is 1.35 bits per heavy atom. The standard InChI is InChI=1S/C16H18N2OS/c19-16(5-1-3-14-4-2-10-20-14)18-13-6-7-15-12(11-13)8-9-17-15/h2,4,6-7,10-11,17H,1,3,5,8-9H2,(H,18,19). The number of benzene rings is 1. The van der Waals surface area contributed by atoms with E-state index >= 15 is 0 Å². The second-order valence-electron chi connectivity index (χ2n) is 5.03. The minimum Gasteiger partial charge on any atom is -0.384 e. The highest BCUT2D eigenvalue weighted by Crippen LogP contribution is 2.25. The molecule has 0 bridgehead atoms. The van der Waals surface area contributed by atoms with Crippen molar-refractivity contribution in [2.24, 2.45) is 0 Å². The van der Waals surface area contributed by atoms with Crippen molar-refractivity contribution in [3.05, 3.63) is 46.2 Å². The molecule has 0 fully saturated rings. The first-order valence-corrected chi connectivity index (χ1v) is 7.88. The van der Waals surface area contributed by atoms with Crippen LogP contribution in [0.2, 0.25) is 0 Å². The second kappa shape index (κ2) is 6.09. The van der Waals surface area contributed by atoms with Crippen LogP contribution in [0, 0.1) is 0 Å². The number of carbonyl (C=O) groups is 1. The van der Waals surface area contributed by atoms with Crippen molar-refractivity contribution in [1.29, 1.82) is 0 Å². The quantitative estimate of drug-likeness (QED) is 0.880. The van der Waals surface area contributed by atoms with Gasteiger partial charge in [-0.15, -0.1) is 11.3 Å². The fraction of sp³-hybridized carbons (Fsp3) is 0.312. The van der Waals surface area contributed by atoms with Crippen LogP contribution in [0.3, 0.4) is 0 Å². The molecular weight excluding hydrogens is 268 g/mol. The molecule has 20 heavy (non-hydrogen) atoms. The molecule has 3 rings (SSSR count). The van der Waals surface area contributed by atoms with Crippen LogP contribution in [0.25, 0.3) is 0 Å². The van der Waals surface area contributed by atoms with E-state index in [1.54, 1.807) is 11.3 Å². The largest absolute Gasteiger partial charge is 0.384 e. The molecule has 0 saturated carbocycles. The summed E-state index contributed by atoms with van der Waals surface area (Å²) in [6, 6.07) is 10.3. The average molecular weight is 286 g/mol. The molecule has 1 aromatic carbocycles. The monoisotopic (exact) mass is 286 g/mol. The topological polar surface area (TPSA) is 41.1 Å². The summed E-state index contributed by atoms with van der Waals surface area (Å²) in [5.74, 6) is 0.104. The zero-order valence-corrected chi connectivity index (χ0v) is 12.1. The first-order chi connectivity index (χ1) is 9.81. The predicted molar refractivity (Wildman–Crippen MR) is 84.5 cm³/mol. The van der Waals surface area contributed by atoms with Gasteiger partial charge in [0, 0.05) is 29.2 Å². The highest BCUT2D eigenvalue weighted by atomic mass is 32.1. The lowest BCUT2D eigenvalue weighted by Crippen LogP contribution is -2.11. The van der Waals surface area contributed by atoms with Gasteiger partial charge in [-0.2, -0.15) is 0 Å². The van der Waals surface area contributed by atoms with Crippen molar-refractivity contribution in [3.8, 4) is 0 Å². The fourth-order valence-electron chi connectivity index (χ4n) is 2.48. The minimum atomic E-state index is 0.104. The summed E-state index contributed by atoms with van der Waals surface area (Å²) in [5.41, 5.74) is 3.40. The van der Waals surface area contributed by atoms with Gasteiger partial charge in [-0.3, -0.25) is 4.79 Å². The van der Waals surface area contributed by atoms with E-state index in [-0.39, 0.29) is 5.91 Å². The smallest absolute Gasteiger partial charge is 0.224 e. The number of fused-ring (bicyclic) bond motifs is 1. The molecule has 1 aromatic heterocycles. The summed E-state index contributed by atoms with van der Waals surface area (Å²) in [5, 5.41) is 8.38. The molecule has 0 atom stereocenters. The molecule has 3 nitrogen and oxygen atoms in total. The third-order valence-corrected chi connectivity index (χ3v) is 4.44. The molecule has 0 spiro atoms. The summed E-state index contributed by atoms with van der Waals surface area (Å²) in [4.78, 5) is 13.3. The zero-order chi connectivity index (χ0) is 13.8. The van der Waals surface area contributed by atoms with Gasteiger partial charge in [0.05, 0.1) is 0 Å². The molecule has 0 saturated heterocycles. The molecule has 0 aliphatic carbocycles. The maximum Gasteiger partial charge on any atom is 0.224 e. The lowest BCUT2D eigenvalue weighted by molar-refractivity contribution is -0.116. The van der Waals surface area contributed by atoms with E-state index in [0.29, 0.717) is 6.42 Å². The zero-order valence-electron chi connectivity index (χ0n) is 11.3. The molecule has 0 unspecified atom stereocenters. The molecule has 1 aliphatic rings. The van der Waals surface area contributed by atoms with Gasteiger partial charge in [-0.1, -0.05) is 6.07 Å². The molecule has 2 heterocycles. The average Bonchev–Trinajstić information content (AvgIpc) is 3.08. The summed E-state index contributed by atoms with van der Waals surface area (Å²) < 4.78 is 0. The van der Waals surface area contributed by atoms with Crippen LogP contribution >= 0.6 is 11.3 Å². The lowest BCUT2D eigenvalue weighted by atomic mass is 10.1. The number of nitrogens with one attached hydrogen (secondary N) is 2. The van der Waals surface area contributed by atoms with Gasteiger partial charge in [0.1, 0.15) is 0 Å². The van der Waals surface area contributed by atoms with Crippen LogP contribution in [0.15, 0.2) is 35.7 Å². The van der Waals surface area contributed by atoms with E-state index in [1.165, 1.54) is 16.1 Å². The predicted octanol–water partition coefficient (Wildman–Crippen LogP) is 3.68. The Bertz CT molecular complexity index is 593. The highest BCUT2D eigenvalue weighted by Gasteiger charge is 2.11. The SMILES string of the molecule is O=C(CCCc1cccs1)Nc1ccc2c(c1)CCN2. The first kappa shape index (κ1) is 13.2. The number of carbonyl (C=O) groups excluding carboxylic acids is 1. The van der Waals surface area contributed by atoms with Gasteiger partial charge in [0.15, 0.2) is 0 Å². The molecule has 4 heteroatoms. The van der Waals surface area contributed by atoms with Crippen LogP contribution in [0.4, 0.5) is 11.4 Å². The maximum atomic E-state index is 11.9. The maximum absolute atomic E-state index is 11.9. The number of hydrogen-bond acceptors (Lipinski definition) is 3. The molecule has 0 radical (unpaired) electrons. The molecule has 104 valence electrons. The summed E-state index contributed by atoms with van der Waals surface area (Å²) in [7, 11) is 0. The Labute approximate surface area is 123 Å². The Balaban J connectivity index is 1.49. The fourth-order valence-corrected chi connectivity index (χ4v) is 3.24. The van der Waals surface area contributed by atoms with E-state index in [1.807, 2.05) is 12.1 Å². The Morgan fingerprint density at radius 3 is 3.15 bits per heavy atom. The Kier molecular flexibility index (Phi) is 4.02. The van der Waals surface area contributed by atoms with Gasteiger partial charge >= 0.3 is 0 Å². The normalized spacial score (nSPS) is 12.8. The van der Waals surface area contributed by atoms with Crippen LogP contribution < -0.4 is 10.6 Å². The van der Waals surface area contributed by atoms with Gasteiger partial charge in [-0.25, -0.2) is 0 Å². The number of aryl methyl sites for hydroxylation is 1. The number of amides is 1. The molecule has 2 aromatic rings. The third kappa shape index (κ3) is 3.20. The van der Waals surface area contributed by atoms with Crippen molar-refractivity contribution < 1.29 is 4.79 Å². The van der Waals surface area contributed by atoms with Gasteiger partial charge in [0.25, 0.3) is 0 Å². The number of thiophene rings is 1. The first-order valence-electron chi connectivity index (χ1n) is 7.00. The van der Waals surface area contributed by atoms with Crippen molar-refractivity contribution in [3.63, 3.8) is 0 Å². The van der Waals surface area contributed by atoms with Crippen molar-refractivity contribution in [1.82, 2.24) is 0 Å². The van der Waals surface area contributed by atoms with Gasteiger partial charge in [-0.05, 0) is 54.5 Å². The van der Waals surface area contributed by atoms with Gasteiger partial charge in [0.2, 0.25) is 5.91 Å². The highest BCUT2D eigenvalue weighted by molar-refractivity contribution is 7.09. The van der Waals surface area contributed by atoms with E-state index in [2.05, 4.69) is 34.2 Å². The van der Waals surface area contributed by atoms with Crippen LogP contribution in [-0.4, -0.2) is 12.5 Å². The summed E-state index contributed by atoms with van der Waals surface area (Å²) >= 11 is 1.75. The lowest BCUT2D eigenvalue weighted by Gasteiger charge is -2.07. The third-order valence-electron chi connectivity index (χ3n) is 3.51. The molecule has 1 aliphatic heterocycles. The summed E-state index contributed by atoms with van der Waals surface area (Å²) in [6.45, 7) is 0.994. The van der Waals surface area contributed by atoms with Crippen molar-refractivity contribution in [2.75, 3.05) is 17.2 Å². The number of anilines is 2. The van der Waals surface area contributed by atoms with Crippen molar-refractivity contribution in [2.45, 2.75) is 25.7 Å². The number of rotatable bonds is 5. The van der Waals surface area contributed by atoms with Crippen LogP contribution in [-0.2, 0) is 17.6 Å². The minimum absolute atomic E-state index is 0.104. The van der Waals surface area contributed by atoms with Crippen LogP contribution in [0.1, 0.15) is 23.3 Å². The van der Waals surface area contributed by atoms with Gasteiger partial charge < -0.3 is 10.6 Å². The molecular formula is C16H18N2OS. The summed E-state index contributed by atoms with van der Waals surface area (Å²) in [6.07, 6.45) is 3.50. The molecule has 2 N–H and O–H groups in total. The van der Waals surface area contributed by atoms with Crippen LogP contribution in [0.5, 0.6) is 0 Å². The van der Waals surface area contributed by atoms with E-state index in [9.17, 15) is 4.79 Å². The molecule has 1 amide bonds. The second-order valence-corrected chi connectivity index (χ2v) is 6.06. The van der Waals surface area contributed by atoms with E-state index in [0.717, 1.165) is 31.5 Å². The van der Waals surface area contributed by atoms with Crippen molar-refractivity contribution >= 4 is 28.6 Å². The Morgan fingerprint density at radius 2 is 2.30 bits per heavy atom.